The Hall–Kier alpha value is -2.91. The number of esters is 1. The Bertz CT molecular complexity index is 1100. The van der Waals surface area contributed by atoms with Crippen LogP contribution in [0.15, 0.2) is 53.4 Å². The van der Waals surface area contributed by atoms with Crippen LogP contribution in [0.25, 0.3) is 0 Å². The van der Waals surface area contributed by atoms with E-state index in [0.29, 0.717) is 32.5 Å². The highest BCUT2D eigenvalue weighted by molar-refractivity contribution is 7.89. The van der Waals surface area contributed by atoms with Crippen LogP contribution in [0.1, 0.15) is 30.9 Å². The molecule has 0 unspecified atom stereocenters. The Morgan fingerprint density at radius 2 is 1.79 bits per heavy atom. The molecule has 1 aliphatic heterocycles. The number of sulfonamides is 1. The molecule has 34 heavy (non-hydrogen) atoms. The molecule has 0 aliphatic carbocycles. The first-order valence-electron chi connectivity index (χ1n) is 11.4. The van der Waals surface area contributed by atoms with Gasteiger partial charge in [0.25, 0.3) is 0 Å². The van der Waals surface area contributed by atoms with E-state index < -0.39 is 16.1 Å². The number of carbonyl (C=O) groups excluding carboxylic acids is 2. The van der Waals surface area contributed by atoms with Gasteiger partial charge in [-0.1, -0.05) is 36.4 Å². The van der Waals surface area contributed by atoms with Crippen molar-refractivity contribution in [3.8, 4) is 5.75 Å². The quantitative estimate of drug-likeness (QED) is 0.545. The molecule has 3 rings (SSSR count). The van der Waals surface area contributed by atoms with E-state index in [-0.39, 0.29) is 34.9 Å². The molecule has 1 aliphatic rings. The molecule has 0 saturated carbocycles. The molecule has 0 aromatic heterocycles. The van der Waals surface area contributed by atoms with Crippen molar-refractivity contribution in [2.24, 2.45) is 5.92 Å². The third kappa shape index (κ3) is 6.36. The van der Waals surface area contributed by atoms with Gasteiger partial charge in [-0.2, -0.15) is 4.72 Å². The minimum absolute atomic E-state index is 0.0121. The average Bonchev–Trinajstić information content (AvgIpc) is 2.84. The average molecular weight is 489 g/mol. The maximum Gasteiger partial charge on any atom is 0.309 e. The van der Waals surface area contributed by atoms with E-state index in [1.807, 2.05) is 30.3 Å². The van der Waals surface area contributed by atoms with Gasteiger partial charge < -0.3 is 14.4 Å². The van der Waals surface area contributed by atoms with Crippen molar-refractivity contribution in [1.82, 2.24) is 9.62 Å². The van der Waals surface area contributed by atoms with Gasteiger partial charge >= 0.3 is 5.97 Å². The van der Waals surface area contributed by atoms with E-state index in [0.717, 1.165) is 11.1 Å². The second-order valence-electron chi connectivity index (χ2n) is 8.37. The number of hydrogen-bond donors (Lipinski definition) is 1. The van der Waals surface area contributed by atoms with Crippen LogP contribution in [0.4, 0.5) is 0 Å². The molecule has 1 atom stereocenters. The van der Waals surface area contributed by atoms with Crippen LogP contribution in [-0.4, -0.2) is 58.0 Å². The number of carbonyl (C=O) groups is 2. The lowest BCUT2D eigenvalue weighted by Gasteiger charge is -2.33. The minimum Gasteiger partial charge on any atom is -0.495 e. The van der Waals surface area contributed by atoms with Gasteiger partial charge in [0.05, 0.1) is 19.6 Å². The molecular weight excluding hydrogens is 456 g/mol. The minimum atomic E-state index is -4.06. The van der Waals surface area contributed by atoms with E-state index in [4.69, 9.17) is 9.47 Å². The number of ether oxygens (including phenoxy) is 2. The fourth-order valence-electron chi connectivity index (χ4n) is 4.09. The number of nitrogens with zero attached hydrogens (tertiary/aromatic N) is 1. The predicted molar refractivity (Wildman–Crippen MR) is 128 cm³/mol. The van der Waals surface area contributed by atoms with Gasteiger partial charge in [-0.25, -0.2) is 8.42 Å². The molecule has 0 spiro atoms. The summed E-state index contributed by atoms with van der Waals surface area (Å²) >= 11 is 0. The molecule has 1 saturated heterocycles. The van der Waals surface area contributed by atoms with Crippen molar-refractivity contribution in [3.05, 3.63) is 59.7 Å². The summed E-state index contributed by atoms with van der Waals surface area (Å²) in [5.74, 6) is -0.604. The van der Waals surface area contributed by atoms with Crippen molar-refractivity contribution >= 4 is 21.9 Å². The molecule has 0 bridgehead atoms. The molecule has 0 radical (unpaired) electrons. The number of likely N-dealkylation sites (tertiary alicyclic amines) is 1. The Kier molecular flexibility index (Phi) is 8.68. The van der Waals surface area contributed by atoms with Gasteiger partial charge in [-0.05, 0) is 56.4 Å². The van der Waals surface area contributed by atoms with Crippen LogP contribution in [0.2, 0.25) is 0 Å². The number of hydrogen-bond acceptors (Lipinski definition) is 6. The zero-order valence-corrected chi connectivity index (χ0v) is 20.6. The molecule has 184 valence electrons. The first-order valence-corrected chi connectivity index (χ1v) is 12.9. The summed E-state index contributed by atoms with van der Waals surface area (Å²) in [5.41, 5.74) is 1.59. The zero-order chi connectivity index (χ0) is 24.7. The highest BCUT2D eigenvalue weighted by Crippen LogP contribution is 2.26. The first-order chi connectivity index (χ1) is 16.2. The van der Waals surface area contributed by atoms with Crippen molar-refractivity contribution < 1.29 is 27.5 Å². The fourth-order valence-corrected chi connectivity index (χ4v) is 5.53. The summed E-state index contributed by atoms with van der Waals surface area (Å²) in [6.45, 7) is 4.60. The molecule has 8 nitrogen and oxygen atoms in total. The normalized spacial score (nSPS) is 15.6. The monoisotopic (exact) mass is 488 g/mol. The lowest BCUT2D eigenvalue weighted by atomic mass is 9.96. The molecule has 1 N–H and O–H groups in total. The van der Waals surface area contributed by atoms with Crippen LogP contribution >= 0.6 is 0 Å². The van der Waals surface area contributed by atoms with Gasteiger partial charge in [-0.3, -0.25) is 9.59 Å². The largest absolute Gasteiger partial charge is 0.495 e. The second kappa shape index (κ2) is 11.5. The number of amides is 1. The number of piperidine rings is 1. The zero-order valence-electron chi connectivity index (χ0n) is 19.8. The molecule has 2 aromatic rings. The summed E-state index contributed by atoms with van der Waals surface area (Å²) in [6.07, 6.45) is 1.17. The van der Waals surface area contributed by atoms with Crippen molar-refractivity contribution in [2.75, 3.05) is 26.8 Å². The van der Waals surface area contributed by atoms with Gasteiger partial charge in [0, 0.05) is 13.1 Å². The number of benzene rings is 2. The summed E-state index contributed by atoms with van der Waals surface area (Å²) in [7, 11) is -2.65. The highest BCUT2D eigenvalue weighted by atomic mass is 32.2. The standard InChI is InChI=1S/C25H32N2O6S/c1-4-33-25(29)20-12-14-27(15-13-20)24(28)21(17-19-8-6-5-7-9-19)26-34(30,31)23-16-18(2)10-11-22(23)32-3/h5-11,16,20-21,26H,4,12-15,17H2,1-3H3/t21-/m0/s1. The van der Waals surface area contributed by atoms with E-state index in [1.165, 1.54) is 13.2 Å². The number of nitrogens with one attached hydrogen (secondary N) is 1. The second-order valence-corrected chi connectivity index (χ2v) is 10.1. The Labute approximate surface area is 201 Å². The molecule has 2 aromatic carbocycles. The SMILES string of the molecule is CCOC(=O)C1CCN(C(=O)[C@H](Cc2ccccc2)NS(=O)(=O)c2cc(C)ccc2OC)CC1. The van der Waals surface area contributed by atoms with E-state index in [2.05, 4.69) is 4.72 Å². The summed E-state index contributed by atoms with van der Waals surface area (Å²) in [6, 6.07) is 13.1. The van der Waals surface area contributed by atoms with Crippen LogP contribution in [-0.2, 0) is 30.8 Å². The lowest BCUT2D eigenvalue weighted by Crippen LogP contribution is -2.52. The highest BCUT2D eigenvalue weighted by Gasteiger charge is 2.34. The maximum atomic E-state index is 13.5. The van der Waals surface area contributed by atoms with Crippen molar-refractivity contribution in [1.29, 1.82) is 0 Å². The van der Waals surface area contributed by atoms with Gasteiger partial charge in [0.15, 0.2) is 0 Å². The topological polar surface area (TPSA) is 102 Å². The van der Waals surface area contributed by atoms with Gasteiger partial charge in [0.1, 0.15) is 16.7 Å². The molecule has 9 heteroatoms. The Morgan fingerprint density at radius 1 is 1.12 bits per heavy atom. The summed E-state index contributed by atoms with van der Waals surface area (Å²) in [4.78, 5) is 27.2. The van der Waals surface area contributed by atoms with E-state index in [1.54, 1.807) is 30.9 Å². The van der Waals surface area contributed by atoms with Crippen molar-refractivity contribution in [2.45, 2.75) is 44.0 Å². The molecular formula is C25H32N2O6S. The number of rotatable bonds is 9. The van der Waals surface area contributed by atoms with Crippen LogP contribution in [0.3, 0.4) is 0 Å². The Balaban J connectivity index is 1.83. The van der Waals surface area contributed by atoms with Crippen LogP contribution < -0.4 is 9.46 Å². The fraction of sp³-hybridized carbons (Fsp3) is 0.440. The van der Waals surface area contributed by atoms with Gasteiger partial charge in [-0.15, -0.1) is 0 Å². The van der Waals surface area contributed by atoms with E-state index in [9.17, 15) is 18.0 Å². The predicted octanol–water partition coefficient (Wildman–Crippen LogP) is 2.69. The summed E-state index contributed by atoms with van der Waals surface area (Å²) < 4.78 is 39.7. The lowest BCUT2D eigenvalue weighted by molar-refractivity contribution is -0.151. The van der Waals surface area contributed by atoms with E-state index >= 15 is 0 Å². The number of aryl methyl sites for hydroxylation is 1. The maximum absolute atomic E-state index is 13.5. The summed E-state index contributed by atoms with van der Waals surface area (Å²) in [5, 5.41) is 0. The molecule has 1 fully saturated rings. The third-order valence-corrected chi connectivity index (χ3v) is 7.41. The first kappa shape index (κ1) is 25.7. The van der Waals surface area contributed by atoms with Gasteiger partial charge in [0.2, 0.25) is 15.9 Å². The van der Waals surface area contributed by atoms with Crippen LogP contribution in [0, 0.1) is 12.8 Å². The molecule has 1 heterocycles. The Morgan fingerprint density at radius 3 is 2.41 bits per heavy atom. The smallest absolute Gasteiger partial charge is 0.309 e. The molecule has 1 amide bonds. The van der Waals surface area contributed by atoms with Crippen molar-refractivity contribution in [3.63, 3.8) is 0 Å². The van der Waals surface area contributed by atoms with Crippen LogP contribution in [0.5, 0.6) is 5.75 Å². The number of methoxy groups -OCH3 is 1. The third-order valence-electron chi connectivity index (χ3n) is 5.91.